The molecular weight excluding hydrogens is 253 g/mol. The zero-order valence-corrected chi connectivity index (χ0v) is 11.4. The molecule has 19 heavy (non-hydrogen) atoms. The number of likely N-dealkylation sites (N-methyl/N-ethyl adjacent to an activating group) is 1. The molecule has 0 amide bonds. The van der Waals surface area contributed by atoms with Crippen molar-refractivity contribution in [2.75, 3.05) is 26.7 Å². The second-order valence-electron chi connectivity index (χ2n) is 4.64. The van der Waals surface area contributed by atoms with Crippen molar-refractivity contribution in [3.63, 3.8) is 0 Å². The maximum Gasteiger partial charge on any atom is 0.416 e. The Morgan fingerprint density at radius 3 is 2.47 bits per heavy atom. The highest BCUT2D eigenvalue weighted by Gasteiger charge is 2.32. The Bertz CT molecular complexity index is 377. The van der Waals surface area contributed by atoms with E-state index in [1.54, 1.807) is 12.1 Å². The SMILES string of the molecule is CCCNCCN(C)Cc1ccccc1C(F)(F)F. The van der Waals surface area contributed by atoms with Crippen molar-refractivity contribution in [3.8, 4) is 0 Å². The summed E-state index contributed by atoms with van der Waals surface area (Å²) in [6, 6.07) is 5.75. The molecule has 2 nitrogen and oxygen atoms in total. The van der Waals surface area contributed by atoms with Crippen LogP contribution in [0.1, 0.15) is 24.5 Å². The third-order valence-corrected chi connectivity index (χ3v) is 2.86. The molecule has 1 rings (SSSR count). The number of alkyl halides is 3. The summed E-state index contributed by atoms with van der Waals surface area (Å²) in [5.74, 6) is 0. The molecule has 0 fully saturated rings. The van der Waals surface area contributed by atoms with E-state index in [0.717, 1.165) is 32.1 Å². The van der Waals surface area contributed by atoms with E-state index >= 15 is 0 Å². The molecule has 0 aliphatic carbocycles. The predicted molar refractivity (Wildman–Crippen MR) is 70.9 cm³/mol. The van der Waals surface area contributed by atoms with E-state index in [9.17, 15) is 13.2 Å². The number of benzene rings is 1. The number of nitrogens with one attached hydrogen (secondary N) is 1. The van der Waals surface area contributed by atoms with E-state index in [4.69, 9.17) is 0 Å². The van der Waals surface area contributed by atoms with E-state index in [1.807, 2.05) is 11.9 Å². The van der Waals surface area contributed by atoms with Gasteiger partial charge in [0.25, 0.3) is 0 Å². The topological polar surface area (TPSA) is 15.3 Å². The Labute approximate surface area is 112 Å². The molecule has 0 spiro atoms. The van der Waals surface area contributed by atoms with Crippen LogP contribution in [-0.4, -0.2) is 31.6 Å². The zero-order valence-electron chi connectivity index (χ0n) is 11.4. The smallest absolute Gasteiger partial charge is 0.315 e. The molecule has 0 saturated heterocycles. The minimum Gasteiger partial charge on any atom is -0.315 e. The molecule has 0 aliphatic heterocycles. The lowest BCUT2D eigenvalue weighted by Gasteiger charge is -2.20. The van der Waals surface area contributed by atoms with E-state index in [-0.39, 0.29) is 0 Å². The Kier molecular flexibility index (Phi) is 6.31. The highest BCUT2D eigenvalue weighted by atomic mass is 19.4. The van der Waals surface area contributed by atoms with Gasteiger partial charge in [0.15, 0.2) is 0 Å². The third kappa shape index (κ3) is 5.61. The van der Waals surface area contributed by atoms with Crippen molar-refractivity contribution >= 4 is 0 Å². The van der Waals surface area contributed by atoms with Crippen LogP contribution in [0.5, 0.6) is 0 Å². The van der Waals surface area contributed by atoms with Gasteiger partial charge >= 0.3 is 6.18 Å². The Hall–Kier alpha value is -1.07. The molecule has 0 bridgehead atoms. The lowest BCUT2D eigenvalue weighted by Crippen LogP contribution is -2.30. The molecule has 0 aromatic heterocycles. The summed E-state index contributed by atoms with van der Waals surface area (Å²) in [6.45, 7) is 4.84. The summed E-state index contributed by atoms with van der Waals surface area (Å²) in [5, 5.41) is 3.23. The molecule has 0 radical (unpaired) electrons. The highest BCUT2D eigenvalue weighted by Crippen LogP contribution is 2.32. The van der Waals surface area contributed by atoms with Crippen LogP contribution < -0.4 is 5.32 Å². The second kappa shape index (κ2) is 7.50. The summed E-state index contributed by atoms with van der Waals surface area (Å²) in [4.78, 5) is 1.90. The van der Waals surface area contributed by atoms with Gasteiger partial charge < -0.3 is 10.2 Å². The average molecular weight is 274 g/mol. The van der Waals surface area contributed by atoms with Crippen LogP contribution in [0.15, 0.2) is 24.3 Å². The first-order chi connectivity index (χ1) is 8.95. The fraction of sp³-hybridized carbons (Fsp3) is 0.571. The molecule has 1 aromatic carbocycles. The molecule has 1 N–H and O–H groups in total. The van der Waals surface area contributed by atoms with Gasteiger partial charge in [0.05, 0.1) is 5.56 Å². The van der Waals surface area contributed by atoms with E-state index in [0.29, 0.717) is 12.1 Å². The van der Waals surface area contributed by atoms with E-state index < -0.39 is 11.7 Å². The standard InChI is InChI=1S/C14H21F3N2/c1-3-8-18-9-10-19(2)11-12-6-4-5-7-13(12)14(15,16)17/h4-7,18H,3,8-11H2,1-2H3. The highest BCUT2D eigenvalue weighted by molar-refractivity contribution is 5.29. The Balaban J connectivity index is 2.57. The van der Waals surface area contributed by atoms with Crippen LogP contribution >= 0.6 is 0 Å². The van der Waals surface area contributed by atoms with Crippen LogP contribution in [0.3, 0.4) is 0 Å². The van der Waals surface area contributed by atoms with Crippen LogP contribution in [0.2, 0.25) is 0 Å². The quantitative estimate of drug-likeness (QED) is 0.768. The van der Waals surface area contributed by atoms with Gasteiger partial charge in [-0.2, -0.15) is 13.2 Å². The first-order valence-electron chi connectivity index (χ1n) is 6.49. The van der Waals surface area contributed by atoms with Crippen LogP contribution in [0, 0.1) is 0 Å². The largest absolute Gasteiger partial charge is 0.416 e. The monoisotopic (exact) mass is 274 g/mol. The van der Waals surface area contributed by atoms with Gasteiger partial charge in [-0.15, -0.1) is 0 Å². The zero-order chi connectivity index (χ0) is 14.3. The normalized spacial score (nSPS) is 12.1. The third-order valence-electron chi connectivity index (χ3n) is 2.86. The molecule has 0 saturated carbocycles. The lowest BCUT2D eigenvalue weighted by molar-refractivity contribution is -0.138. The second-order valence-corrected chi connectivity index (χ2v) is 4.64. The van der Waals surface area contributed by atoms with Gasteiger partial charge in [-0.3, -0.25) is 0 Å². The van der Waals surface area contributed by atoms with Crippen LogP contribution in [-0.2, 0) is 12.7 Å². The first-order valence-corrected chi connectivity index (χ1v) is 6.49. The van der Waals surface area contributed by atoms with Crippen molar-refractivity contribution in [1.29, 1.82) is 0 Å². The van der Waals surface area contributed by atoms with E-state index in [2.05, 4.69) is 12.2 Å². The number of nitrogens with zero attached hydrogens (tertiary/aromatic N) is 1. The van der Waals surface area contributed by atoms with Crippen molar-refractivity contribution in [2.45, 2.75) is 26.1 Å². The number of hydrogen-bond acceptors (Lipinski definition) is 2. The number of halogens is 3. The maximum absolute atomic E-state index is 12.8. The summed E-state index contributed by atoms with van der Waals surface area (Å²) in [6.07, 6.45) is -3.22. The van der Waals surface area contributed by atoms with Gasteiger partial charge in [0.1, 0.15) is 0 Å². The lowest BCUT2D eigenvalue weighted by atomic mass is 10.1. The minimum absolute atomic E-state index is 0.309. The van der Waals surface area contributed by atoms with Crippen molar-refractivity contribution in [1.82, 2.24) is 10.2 Å². The van der Waals surface area contributed by atoms with Crippen molar-refractivity contribution in [2.24, 2.45) is 0 Å². The maximum atomic E-state index is 12.8. The Morgan fingerprint density at radius 2 is 1.84 bits per heavy atom. The van der Waals surface area contributed by atoms with Gasteiger partial charge in [-0.25, -0.2) is 0 Å². The molecule has 5 heteroatoms. The summed E-state index contributed by atoms with van der Waals surface area (Å²) in [5.41, 5.74) is -0.212. The number of rotatable bonds is 7. The van der Waals surface area contributed by atoms with Crippen molar-refractivity contribution < 1.29 is 13.2 Å². The minimum atomic E-state index is -4.28. The van der Waals surface area contributed by atoms with Gasteiger partial charge in [-0.05, 0) is 31.6 Å². The van der Waals surface area contributed by atoms with E-state index in [1.165, 1.54) is 6.07 Å². The summed E-state index contributed by atoms with van der Waals surface area (Å²) in [7, 11) is 1.83. The summed E-state index contributed by atoms with van der Waals surface area (Å²) < 4.78 is 38.5. The first kappa shape index (κ1) is 16.0. The molecule has 0 atom stereocenters. The summed E-state index contributed by atoms with van der Waals surface area (Å²) >= 11 is 0. The van der Waals surface area contributed by atoms with Crippen molar-refractivity contribution in [3.05, 3.63) is 35.4 Å². The molecule has 0 heterocycles. The van der Waals surface area contributed by atoms with Gasteiger partial charge in [0, 0.05) is 19.6 Å². The van der Waals surface area contributed by atoms with Gasteiger partial charge in [0.2, 0.25) is 0 Å². The number of hydrogen-bond donors (Lipinski definition) is 1. The van der Waals surface area contributed by atoms with Crippen LogP contribution in [0.25, 0.3) is 0 Å². The van der Waals surface area contributed by atoms with Crippen LogP contribution in [0.4, 0.5) is 13.2 Å². The average Bonchev–Trinajstić information content (AvgIpc) is 2.34. The molecule has 1 aromatic rings. The molecular formula is C14H21F3N2. The molecule has 108 valence electrons. The molecule has 0 unspecified atom stereocenters. The van der Waals surface area contributed by atoms with Gasteiger partial charge in [-0.1, -0.05) is 25.1 Å². The fourth-order valence-corrected chi connectivity index (χ4v) is 1.88. The molecule has 0 aliphatic rings. The predicted octanol–water partition coefficient (Wildman–Crippen LogP) is 3.14. The Morgan fingerprint density at radius 1 is 1.16 bits per heavy atom. The fourth-order valence-electron chi connectivity index (χ4n) is 1.88.